The number of imidazole rings is 1. The summed E-state index contributed by atoms with van der Waals surface area (Å²) in [6, 6.07) is 28.2. The molecule has 1 fully saturated rings. The number of fused-ring (bicyclic) bond motifs is 2. The van der Waals surface area contributed by atoms with Gasteiger partial charge in [-0.05, 0) is 72.6 Å². The molecule has 0 bridgehead atoms. The standard InChI is InChI=1S/C46H53N5O6/c1-32(2)7-6-22-55-23-24-56-25-26-57-31-38(52)27-34-12-15-42-43(28-34)51(46(54)49-42)37-17-20-50(21-18-37)30-33-10-13-36(14-11-33)44-39(35-8-4-3-5-9-35)29-40-41(48-44)16-19-47-45(40)53/h3-5,8-16,19,28-29,32,37H,6-7,17-18,20-27,30-31H2,1-2H3,(H,47,53)(H,49,54). The number of carbonyl (C=O) groups is 1. The van der Waals surface area contributed by atoms with Gasteiger partial charge >= 0.3 is 5.69 Å². The van der Waals surface area contributed by atoms with E-state index in [-0.39, 0.29) is 36.1 Å². The number of hydrogen-bond donors (Lipinski definition) is 2. The van der Waals surface area contributed by atoms with E-state index in [9.17, 15) is 14.4 Å². The summed E-state index contributed by atoms with van der Waals surface area (Å²) < 4.78 is 18.6. The lowest BCUT2D eigenvalue weighted by Crippen LogP contribution is -2.36. The Morgan fingerprint density at radius 3 is 2.30 bits per heavy atom. The summed E-state index contributed by atoms with van der Waals surface area (Å²) in [4.78, 5) is 51.7. The molecule has 0 saturated carbocycles. The van der Waals surface area contributed by atoms with Crippen molar-refractivity contribution < 1.29 is 19.0 Å². The van der Waals surface area contributed by atoms with Crippen molar-refractivity contribution in [2.24, 2.45) is 5.92 Å². The van der Waals surface area contributed by atoms with E-state index in [0.29, 0.717) is 43.2 Å². The minimum absolute atomic E-state index is 0.0182. The number of nitrogens with zero attached hydrogens (tertiary/aromatic N) is 3. The maximum absolute atomic E-state index is 13.2. The van der Waals surface area contributed by atoms with E-state index >= 15 is 0 Å². The molecule has 1 saturated heterocycles. The van der Waals surface area contributed by atoms with Gasteiger partial charge in [0.25, 0.3) is 5.56 Å². The highest BCUT2D eigenvalue weighted by Gasteiger charge is 2.24. The molecular formula is C46H53N5O6. The number of aromatic nitrogens is 4. The lowest BCUT2D eigenvalue weighted by Gasteiger charge is -2.32. The Bertz CT molecular complexity index is 2360. The van der Waals surface area contributed by atoms with Crippen molar-refractivity contribution >= 4 is 27.7 Å². The Balaban J connectivity index is 0.907. The lowest BCUT2D eigenvalue weighted by atomic mass is 9.97. The Labute approximate surface area is 333 Å². The second kappa shape index (κ2) is 19.3. The number of benzene rings is 3. The number of ketones is 1. The van der Waals surface area contributed by atoms with Crippen LogP contribution in [0.4, 0.5) is 0 Å². The number of piperidine rings is 1. The van der Waals surface area contributed by atoms with Crippen LogP contribution in [0.5, 0.6) is 0 Å². The van der Waals surface area contributed by atoms with Gasteiger partial charge in [-0.2, -0.15) is 0 Å². The highest BCUT2D eigenvalue weighted by molar-refractivity contribution is 5.91. The SMILES string of the molecule is CC(C)CCCOCCOCCOCC(=O)Cc1ccc2[nH]c(=O)n(C3CCN(Cc4ccc(-c5nc6cc[nH]c(=O)c6cc5-c5ccccc5)cc4)CC3)c2c1. The number of aromatic amines is 2. The molecule has 0 spiro atoms. The van der Waals surface area contributed by atoms with Gasteiger partial charge in [-0.15, -0.1) is 0 Å². The molecule has 4 heterocycles. The lowest BCUT2D eigenvalue weighted by molar-refractivity contribution is -0.123. The zero-order valence-electron chi connectivity index (χ0n) is 33.0. The Kier molecular flexibility index (Phi) is 13.5. The van der Waals surface area contributed by atoms with Gasteiger partial charge in [0.15, 0.2) is 5.78 Å². The normalized spacial score (nSPS) is 13.9. The number of carbonyl (C=O) groups excluding carboxylic acids is 1. The molecular weight excluding hydrogens is 719 g/mol. The molecule has 0 aliphatic carbocycles. The van der Waals surface area contributed by atoms with E-state index in [2.05, 4.69) is 53.0 Å². The second-order valence-electron chi connectivity index (χ2n) is 15.4. The molecule has 0 atom stereocenters. The van der Waals surface area contributed by atoms with Crippen LogP contribution in [0.3, 0.4) is 0 Å². The summed E-state index contributed by atoms with van der Waals surface area (Å²) in [5, 5.41) is 0.564. The number of ether oxygens (including phenoxy) is 3. The zero-order valence-corrected chi connectivity index (χ0v) is 33.0. The number of pyridine rings is 2. The van der Waals surface area contributed by atoms with Crippen LogP contribution in [0.1, 0.15) is 56.7 Å². The van der Waals surface area contributed by atoms with Crippen LogP contribution in [0.2, 0.25) is 0 Å². The zero-order chi connectivity index (χ0) is 39.6. The molecule has 11 heteroatoms. The van der Waals surface area contributed by atoms with Gasteiger partial charge in [-0.3, -0.25) is 19.1 Å². The molecule has 0 amide bonds. The van der Waals surface area contributed by atoms with E-state index in [1.54, 1.807) is 6.20 Å². The highest BCUT2D eigenvalue weighted by atomic mass is 16.5. The topological polar surface area (TPSA) is 132 Å². The maximum atomic E-state index is 13.2. The molecule has 0 radical (unpaired) electrons. The van der Waals surface area contributed by atoms with Gasteiger partial charge in [0.05, 0.1) is 54.1 Å². The summed E-state index contributed by atoms with van der Waals surface area (Å²) in [5.41, 5.74) is 7.79. The number of rotatable bonds is 19. The van der Waals surface area contributed by atoms with Crippen LogP contribution in [0.25, 0.3) is 44.3 Å². The molecule has 6 aromatic rings. The third kappa shape index (κ3) is 10.4. The first-order chi connectivity index (χ1) is 27.8. The fourth-order valence-corrected chi connectivity index (χ4v) is 7.67. The molecule has 11 nitrogen and oxygen atoms in total. The molecule has 1 aliphatic heterocycles. The van der Waals surface area contributed by atoms with E-state index < -0.39 is 0 Å². The number of nitrogens with one attached hydrogen (secondary N) is 2. The molecule has 298 valence electrons. The molecule has 0 unspecified atom stereocenters. The summed E-state index contributed by atoms with van der Waals surface area (Å²) in [5.74, 6) is 0.672. The predicted molar refractivity (Wildman–Crippen MR) is 225 cm³/mol. The van der Waals surface area contributed by atoms with E-state index in [0.717, 1.165) is 90.9 Å². The number of hydrogen-bond acceptors (Lipinski definition) is 8. The third-order valence-electron chi connectivity index (χ3n) is 10.7. The Hall–Kier alpha value is -5.20. The van der Waals surface area contributed by atoms with E-state index in [4.69, 9.17) is 19.2 Å². The van der Waals surface area contributed by atoms with E-state index in [1.165, 1.54) is 5.56 Å². The van der Waals surface area contributed by atoms with Gasteiger partial charge in [-0.25, -0.2) is 9.78 Å². The van der Waals surface area contributed by atoms with Crippen molar-refractivity contribution in [1.29, 1.82) is 0 Å². The van der Waals surface area contributed by atoms with Crippen molar-refractivity contribution in [1.82, 2.24) is 24.4 Å². The van der Waals surface area contributed by atoms with Crippen LogP contribution in [0.15, 0.2) is 101 Å². The second-order valence-corrected chi connectivity index (χ2v) is 15.4. The predicted octanol–water partition coefficient (Wildman–Crippen LogP) is 7.33. The molecule has 3 aromatic carbocycles. The van der Waals surface area contributed by atoms with Gasteiger partial charge < -0.3 is 24.2 Å². The van der Waals surface area contributed by atoms with Gasteiger partial charge in [0, 0.05) is 56.0 Å². The number of likely N-dealkylation sites (tertiary alicyclic amines) is 1. The first-order valence-electron chi connectivity index (χ1n) is 20.2. The monoisotopic (exact) mass is 771 g/mol. The van der Waals surface area contributed by atoms with Crippen LogP contribution >= 0.6 is 0 Å². The summed E-state index contributed by atoms with van der Waals surface area (Å²) in [6.07, 6.45) is 5.78. The number of H-pyrrole nitrogens is 2. The van der Waals surface area contributed by atoms with Gasteiger partial charge in [0.2, 0.25) is 0 Å². The first-order valence-corrected chi connectivity index (χ1v) is 20.2. The largest absolute Gasteiger partial charge is 0.379 e. The molecule has 57 heavy (non-hydrogen) atoms. The highest BCUT2D eigenvalue weighted by Crippen LogP contribution is 2.33. The summed E-state index contributed by atoms with van der Waals surface area (Å²) in [6.45, 7) is 9.55. The van der Waals surface area contributed by atoms with Crippen molar-refractivity contribution in [2.45, 2.75) is 58.5 Å². The van der Waals surface area contributed by atoms with Crippen molar-refractivity contribution in [3.63, 3.8) is 0 Å². The van der Waals surface area contributed by atoms with Crippen LogP contribution in [0, 0.1) is 5.92 Å². The van der Waals surface area contributed by atoms with Crippen LogP contribution < -0.4 is 11.2 Å². The Morgan fingerprint density at radius 2 is 1.54 bits per heavy atom. The van der Waals surface area contributed by atoms with Crippen LogP contribution in [-0.2, 0) is 32.0 Å². The maximum Gasteiger partial charge on any atom is 0.326 e. The number of Topliss-reactive ketones (excluding diaryl/α,β-unsaturated/α-hetero) is 1. The molecule has 3 aromatic heterocycles. The average Bonchev–Trinajstić information content (AvgIpc) is 3.55. The first kappa shape index (κ1) is 40.0. The molecule has 7 rings (SSSR count). The quantitative estimate of drug-likeness (QED) is 0.0819. The smallest absolute Gasteiger partial charge is 0.326 e. The van der Waals surface area contributed by atoms with Gasteiger partial charge in [-0.1, -0.05) is 74.5 Å². The fourth-order valence-electron chi connectivity index (χ4n) is 7.67. The van der Waals surface area contributed by atoms with Crippen LogP contribution in [-0.4, -0.2) is 82.9 Å². The van der Waals surface area contributed by atoms with Crippen molar-refractivity contribution in [2.75, 3.05) is 52.7 Å². The average molecular weight is 772 g/mol. The van der Waals surface area contributed by atoms with E-state index in [1.807, 2.05) is 65.2 Å². The third-order valence-corrected chi connectivity index (χ3v) is 10.7. The van der Waals surface area contributed by atoms with Crippen molar-refractivity contribution in [3.05, 3.63) is 123 Å². The van der Waals surface area contributed by atoms with Crippen molar-refractivity contribution in [3.8, 4) is 22.4 Å². The minimum atomic E-state index is -0.155. The summed E-state index contributed by atoms with van der Waals surface area (Å²) in [7, 11) is 0. The minimum Gasteiger partial charge on any atom is -0.379 e. The Morgan fingerprint density at radius 1 is 0.825 bits per heavy atom. The summed E-state index contributed by atoms with van der Waals surface area (Å²) >= 11 is 0. The molecule has 2 N–H and O–H groups in total. The fraction of sp³-hybridized carbons (Fsp3) is 0.391. The molecule has 1 aliphatic rings. The van der Waals surface area contributed by atoms with Gasteiger partial charge in [0.1, 0.15) is 6.61 Å².